The lowest BCUT2D eigenvalue weighted by atomic mass is 9.91. The molecule has 2 fully saturated rings. The van der Waals surface area contributed by atoms with E-state index < -0.39 is 0 Å². The topological polar surface area (TPSA) is 52.0 Å². The molecule has 6 rings (SSSR count). The number of rotatable bonds is 4. The van der Waals surface area contributed by atoms with Crippen LogP contribution in [-0.2, 0) is 25.7 Å². The van der Waals surface area contributed by atoms with E-state index in [-0.39, 0.29) is 0 Å². The van der Waals surface area contributed by atoms with Crippen LogP contribution in [0.3, 0.4) is 0 Å². The molecule has 0 spiro atoms. The minimum Gasteiger partial charge on any atom is -0.398 e. The molecule has 2 nitrogen and oxygen atoms in total. The first-order valence-corrected chi connectivity index (χ1v) is 12.0. The van der Waals surface area contributed by atoms with E-state index in [2.05, 4.69) is 37.8 Å². The van der Waals surface area contributed by atoms with Crippen LogP contribution in [0.1, 0.15) is 84.7 Å². The molecule has 0 radical (unpaired) electrons. The Labute approximate surface area is 181 Å². The molecular weight excluding hydrogens is 364 g/mol. The summed E-state index contributed by atoms with van der Waals surface area (Å²) >= 11 is 0. The molecule has 0 bridgehead atoms. The van der Waals surface area contributed by atoms with Crippen LogP contribution in [-0.4, -0.2) is 0 Å². The highest BCUT2D eigenvalue weighted by atomic mass is 14.6. The Morgan fingerprint density at radius 3 is 2.03 bits per heavy atom. The molecule has 2 aromatic rings. The zero-order chi connectivity index (χ0) is 20.8. The number of hydrogen-bond donors (Lipinski definition) is 2. The maximum Gasteiger partial charge on any atom is 0.0425 e. The lowest BCUT2D eigenvalue weighted by Crippen LogP contribution is -2.04. The molecule has 0 aromatic heterocycles. The highest BCUT2D eigenvalue weighted by Gasteiger charge is 2.31. The third-order valence-corrected chi connectivity index (χ3v) is 7.92. The van der Waals surface area contributed by atoms with Crippen molar-refractivity contribution in [2.75, 3.05) is 11.5 Å². The van der Waals surface area contributed by atoms with Gasteiger partial charge in [0.2, 0.25) is 0 Å². The van der Waals surface area contributed by atoms with E-state index in [0.717, 1.165) is 23.7 Å². The Morgan fingerprint density at radius 2 is 1.43 bits per heavy atom. The highest BCUT2D eigenvalue weighted by molar-refractivity contribution is 5.79. The molecule has 0 saturated heterocycles. The van der Waals surface area contributed by atoms with Crippen LogP contribution in [0.2, 0.25) is 0 Å². The van der Waals surface area contributed by atoms with Gasteiger partial charge < -0.3 is 11.5 Å². The summed E-state index contributed by atoms with van der Waals surface area (Å²) < 4.78 is 0. The molecule has 1 atom stereocenters. The Balaban J connectivity index is 0.000000128. The van der Waals surface area contributed by atoms with Gasteiger partial charge in [0.15, 0.2) is 0 Å². The first-order chi connectivity index (χ1) is 14.5. The van der Waals surface area contributed by atoms with Crippen molar-refractivity contribution in [2.24, 2.45) is 11.8 Å². The van der Waals surface area contributed by atoms with Crippen molar-refractivity contribution < 1.29 is 0 Å². The fraction of sp³-hybridized carbons (Fsp3) is 0.500. The van der Waals surface area contributed by atoms with E-state index in [4.69, 9.17) is 11.5 Å². The molecule has 4 N–H and O–H groups in total. The van der Waals surface area contributed by atoms with Gasteiger partial charge in [0.1, 0.15) is 0 Å². The number of benzene rings is 2. The fourth-order valence-corrected chi connectivity index (χ4v) is 5.59. The second-order valence-electron chi connectivity index (χ2n) is 10.0. The molecule has 2 heteroatoms. The van der Waals surface area contributed by atoms with Gasteiger partial charge in [-0.3, -0.25) is 0 Å². The number of allylic oxidation sites excluding steroid dienone is 1. The number of anilines is 2. The van der Waals surface area contributed by atoms with Crippen molar-refractivity contribution in [1.29, 1.82) is 0 Å². The zero-order valence-electron chi connectivity index (χ0n) is 18.5. The van der Waals surface area contributed by atoms with Crippen molar-refractivity contribution in [3.8, 4) is 0 Å². The lowest BCUT2D eigenvalue weighted by molar-refractivity contribution is 0.665. The van der Waals surface area contributed by atoms with Gasteiger partial charge in [-0.1, -0.05) is 37.8 Å². The van der Waals surface area contributed by atoms with Crippen molar-refractivity contribution in [2.45, 2.75) is 77.0 Å². The van der Waals surface area contributed by atoms with E-state index in [1.54, 1.807) is 0 Å². The molecule has 0 heterocycles. The Bertz CT molecular complexity index is 979. The number of fused-ring (bicyclic) bond motifs is 2. The van der Waals surface area contributed by atoms with Crippen LogP contribution >= 0.6 is 0 Å². The van der Waals surface area contributed by atoms with E-state index >= 15 is 0 Å². The summed E-state index contributed by atoms with van der Waals surface area (Å²) in [6.45, 7) is 6.53. The van der Waals surface area contributed by atoms with E-state index in [1.165, 1.54) is 96.7 Å². The van der Waals surface area contributed by atoms with Crippen LogP contribution < -0.4 is 11.5 Å². The number of nitrogen functional groups attached to an aromatic ring is 2. The molecule has 0 unspecified atom stereocenters. The minimum absolute atomic E-state index is 0.677. The molecular formula is C28H36N2. The molecule has 30 heavy (non-hydrogen) atoms. The summed E-state index contributed by atoms with van der Waals surface area (Å²) in [5, 5.41) is 0. The fourth-order valence-electron chi connectivity index (χ4n) is 5.59. The van der Waals surface area contributed by atoms with Gasteiger partial charge in [0.05, 0.1) is 0 Å². The van der Waals surface area contributed by atoms with Gasteiger partial charge in [0, 0.05) is 16.9 Å². The normalized spacial score (nSPS) is 20.2. The van der Waals surface area contributed by atoms with Crippen molar-refractivity contribution >= 4 is 16.9 Å². The number of hydrogen-bond acceptors (Lipinski definition) is 2. The second-order valence-corrected chi connectivity index (χ2v) is 10.0. The summed E-state index contributed by atoms with van der Waals surface area (Å²) in [5.41, 5.74) is 24.4. The van der Waals surface area contributed by atoms with E-state index in [1.807, 2.05) is 0 Å². The van der Waals surface area contributed by atoms with Gasteiger partial charge in [-0.15, -0.1) is 0 Å². The zero-order valence-corrected chi connectivity index (χ0v) is 18.5. The predicted molar refractivity (Wildman–Crippen MR) is 129 cm³/mol. The first kappa shape index (κ1) is 19.7. The van der Waals surface area contributed by atoms with Crippen molar-refractivity contribution in [1.82, 2.24) is 0 Å². The maximum atomic E-state index is 6.30. The lowest BCUT2D eigenvalue weighted by Gasteiger charge is -2.16. The highest BCUT2D eigenvalue weighted by Crippen LogP contribution is 2.46. The first-order valence-electron chi connectivity index (χ1n) is 12.0. The van der Waals surface area contributed by atoms with Crippen LogP contribution in [0.15, 0.2) is 30.8 Å². The SMILES string of the molecule is C=C(c1ccc2c(c1N)CCC2)C1CC1.C[C@@H](c1ccc2c(c1N)CCC2)C1CC1. The number of nitrogens with two attached hydrogens (primary N) is 2. The maximum absolute atomic E-state index is 6.30. The molecule has 4 aliphatic carbocycles. The summed E-state index contributed by atoms with van der Waals surface area (Å²) in [6.07, 6.45) is 12.8. The van der Waals surface area contributed by atoms with Crippen molar-refractivity contribution in [3.05, 3.63) is 64.2 Å². The van der Waals surface area contributed by atoms with Crippen LogP contribution in [0, 0.1) is 11.8 Å². The molecule has 2 saturated carbocycles. The van der Waals surface area contributed by atoms with Crippen LogP contribution in [0.4, 0.5) is 11.4 Å². The number of aryl methyl sites for hydroxylation is 2. The Kier molecular flexibility index (Phi) is 5.13. The average Bonchev–Trinajstić information content (AvgIpc) is 3.67. The monoisotopic (exact) mass is 400 g/mol. The third kappa shape index (κ3) is 3.66. The summed E-state index contributed by atoms with van der Waals surface area (Å²) in [4.78, 5) is 0. The van der Waals surface area contributed by atoms with Gasteiger partial charge in [-0.05, 0) is 115 Å². The third-order valence-electron chi connectivity index (χ3n) is 7.92. The molecule has 4 aliphatic rings. The predicted octanol–water partition coefficient (Wildman–Crippen LogP) is 6.45. The smallest absolute Gasteiger partial charge is 0.0425 e. The minimum atomic E-state index is 0.677. The van der Waals surface area contributed by atoms with Gasteiger partial charge in [-0.2, -0.15) is 0 Å². The largest absolute Gasteiger partial charge is 0.398 e. The molecule has 2 aromatic carbocycles. The van der Waals surface area contributed by atoms with Gasteiger partial charge in [-0.25, -0.2) is 0 Å². The molecule has 158 valence electrons. The Morgan fingerprint density at radius 1 is 0.833 bits per heavy atom. The quantitative estimate of drug-likeness (QED) is 0.579. The van der Waals surface area contributed by atoms with E-state index in [0.29, 0.717) is 11.8 Å². The van der Waals surface area contributed by atoms with Crippen molar-refractivity contribution in [3.63, 3.8) is 0 Å². The molecule has 0 aliphatic heterocycles. The van der Waals surface area contributed by atoms with Gasteiger partial charge in [0.25, 0.3) is 0 Å². The molecule has 0 amide bonds. The summed E-state index contributed by atoms with van der Waals surface area (Å²) in [6, 6.07) is 9.02. The Hall–Kier alpha value is -2.22. The summed E-state index contributed by atoms with van der Waals surface area (Å²) in [5.74, 6) is 2.30. The summed E-state index contributed by atoms with van der Waals surface area (Å²) in [7, 11) is 0. The van der Waals surface area contributed by atoms with Gasteiger partial charge >= 0.3 is 0 Å². The van der Waals surface area contributed by atoms with E-state index in [9.17, 15) is 0 Å². The van der Waals surface area contributed by atoms with Crippen LogP contribution in [0.5, 0.6) is 0 Å². The standard InChI is InChI=1S/C14H19N.C14H17N/c2*1-9(10-5-6-10)12-8-7-11-3-2-4-13(11)14(12)15/h7-10H,2-6,15H2,1H3;7-8,10H,1-6,15H2/t9-;/m1./s1. The second kappa shape index (κ2) is 7.80. The average molecular weight is 401 g/mol. The van der Waals surface area contributed by atoms with Crippen LogP contribution in [0.25, 0.3) is 5.57 Å².